The maximum atomic E-state index is 13.1. The summed E-state index contributed by atoms with van der Waals surface area (Å²) in [7, 11) is 1.56. The summed E-state index contributed by atoms with van der Waals surface area (Å²) < 4.78 is 45.6. The number of amides is 1. The van der Waals surface area contributed by atoms with Crippen molar-refractivity contribution in [1.82, 2.24) is 14.8 Å². The van der Waals surface area contributed by atoms with Gasteiger partial charge in [-0.15, -0.1) is 11.3 Å². The van der Waals surface area contributed by atoms with Gasteiger partial charge in [0.25, 0.3) is 5.91 Å². The number of anilines is 1. The molecule has 0 radical (unpaired) electrons. The Labute approximate surface area is 195 Å². The number of halogens is 3. The third-order valence-electron chi connectivity index (χ3n) is 4.85. The Morgan fingerprint density at radius 2 is 1.85 bits per heavy atom. The number of hydrogen-bond donors (Lipinski definition) is 1. The third-order valence-corrected chi connectivity index (χ3v) is 5.61. The van der Waals surface area contributed by atoms with Gasteiger partial charge in [0.1, 0.15) is 5.75 Å². The molecule has 0 aliphatic rings. The van der Waals surface area contributed by atoms with Crippen LogP contribution in [0.4, 0.5) is 18.3 Å². The molecule has 4 rings (SSSR count). The van der Waals surface area contributed by atoms with Crippen molar-refractivity contribution in [1.29, 1.82) is 0 Å². The average Bonchev–Trinajstić information content (AvgIpc) is 3.27. The number of methoxy groups -OCH3 is 1. The number of carbonyl (C=O) groups is 1. The zero-order valence-corrected chi connectivity index (χ0v) is 18.7. The van der Waals surface area contributed by atoms with Crippen LogP contribution in [0, 0.1) is 6.92 Å². The van der Waals surface area contributed by atoms with Gasteiger partial charge in [-0.25, -0.2) is 9.67 Å². The summed E-state index contributed by atoms with van der Waals surface area (Å²) >= 11 is 1.16. The molecule has 0 saturated heterocycles. The Morgan fingerprint density at radius 3 is 2.53 bits per heavy atom. The molecule has 0 aliphatic carbocycles. The normalized spacial score (nSPS) is 11.3. The van der Waals surface area contributed by atoms with Gasteiger partial charge in [0, 0.05) is 22.7 Å². The molecule has 1 amide bonds. The standard InChI is InChI=1S/C23H17F3N4O3S/c1-13-10-19(31)20(29-30(13)16-5-3-4-15(11-16)23(24,25)26)21(32)28-22-27-18(12-34-22)14-6-8-17(33-2)9-7-14/h3-12H,1-2H3,(H,27,28,32). The predicted octanol–water partition coefficient (Wildman–Crippen LogP) is 4.94. The van der Waals surface area contributed by atoms with E-state index in [4.69, 9.17) is 4.74 Å². The molecule has 0 saturated carbocycles. The monoisotopic (exact) mass is 486 g/mol. The Morgan fingerprint density at radius 1 is 1.12 bits per heavy atom. The van der Waals surface area contributed by atoms with Crippen LogP contribution in [0.1, 0.15) is 21.7 Å². The van der Waals surface area contributed by atoms with Gasteiger partial charge in [0.15, 0.2) is 10.8 Å². The minimum absolute atomic E-state index is 0.0671. The molecule has 0 bridgehead atoms. The predicted molar refractivity (Wildman–Crippen MR) is 122 cm³/mol. The molecule has 11 heteroatoms. The van der Waals surface area contributed by atoms with Gasteiger partial charge in [-0.3, -0.25) is 14.9 Å². The van der Waals surface area contributed by atoms with Gasteiger partial charge in [-0.05, 0) is 49.4 Å². The summed E-state index contributed by atoms with van der Waals surface area (Å²) in [5.41, 5.74) is -0.243. The van der Waals surface area contributed by atoms with E-state index in [1.807, 2.05) is 12.1 Å². The Bertz CT molecular complexity index is 1410. The lowest BCUT2D eigenvalue weighted by molar-refractivity contribution is -0.137. The molecular formula is C23H17F3N4O3S. The van der Waals surface area contributed by atoms with Crippen LogP contribution in [0.5, 0.6) is 5.75 Å². The van der Waals surface area contributed by atoms with Crippen LogP contribution in [0.15, 0.2) is 64.8 Å². The van der Waals surface area contributed by atoms with Crippen LogP contribution < -0.4 is 15.5 Å². The Balaban J connectivity index is 1.61. The fourth-order valence-corrected chi connectivity index (χ4v) is 3.88. The lowest BCUT2D eigenvalue weighted by atomic mass is 10.2. The van der Waals surface area contributed by atoms with Crippen molar-refractivity contribution in [3.63, 3.8) is 0 Å². The first kappa shape index (κ1) is 23.2. The molecule has 0 unspecified atom stereocenters. The minimum atomic E-state index is -4.55. The van der Waals surface area contributed by atoms with Crippen LogP contribution in [0.3, 0.4) is 0 Å². The first-order valence-electron chi connectivity index (χ1n) is 9.85. The van der Waals surface area contributed by atoms with Crippen molar-refractivity contribution >= 4 is 22.4 Å². The smallest absolute Gasteiger partial charge is 0.416 e. The molecule has 0 aliphatic heterocycles. The maximum Gasteiger partial charge on any atom is 0.416 e. The van der Waals surface area contributed by atoms with Crippen molar-refractivity contribution in [3.05, 3.63) is 87.2 Å². The number of rotatable bonds is 5. The van der Waals surface area contributed by atoms with Crippen molar-refractivity contribution in [2.24, 2.45) is 0 Å². The Kier molecular flexibility index (Phi) is 6.20. The number of thiazole rings is 1. The highest BCUT2D eigenvalue weighted by atomic mass is 32.1. The third kappa shape index (κ3) is 4.84. The minimum Gasteiger partial charge on any atom is -0.497 e. The summed E-state index contributed by atoms with van der Waals surface area (Å²) in [6.07, 6.45) is -4.55. The summed E-state index contributed by atoms with van der Waals surface area (Å²) in [5.74, 6) is -0.128. The summed E-state index contributed by atoms with van der Waals surface area (Å²) in [5, 5.41) is 8.54. The quantitative estimate of drug-likeness (QED) is 0.432. The van der Waals surface area contributed by atoms with E-state index in [0.717, 1.165) is 39.8 Å². The number of benzene rings is 2. The van der Waals surface area contributed by atoms with Crippen LogP contribution in [0.2, 0.25) is 0 Å². The highest BCUT2D eigenvalue weighted by molar-refractivity contribution is 7.14. The van der Waals surface area contributed by atoms with E-state index in [1.54, 1.807) is 24.6 Å². The molecule has 0 fully saturated rings. The number of carbonyl (C=O) groups excluding carboxylic acids is 1. The van der Waals surface area contributed by atoms with Gasteiger partial charge in [0.05, 0.1) is 24.1 Å². The molecule has 2 aromatic carbocycles. The second-order valence-electron chi connectivity index (χ2n) is 7.18. The topological polar surface area (TPSA) is 86.1 Å². The Hall–Kier alpha value is -3.99. The fourth-order valence-electron chi connectivity index (χ4n) is 3.16. The molecule has 2 aromatic heterocycles. The molecule has 34 heavy (non-hydrogen) atoms. The van der Waals surface area contributed by atoms with Crippen LogP contribution in [0.25, 0.3) is 16.9 Å². The number of nitrogens with one attached hydrogen (secondary N) is 1. The molecule has 174 valence electrons. The van der Waals surface area contributed by atoms with Gasteiger partial charge in [-0.1, -0.05) is 6.07 Å². The van der Waals surface area contributed by atoms with E-state index in [1.165, 1.54) is 19.1 Å². The highest BCUT2D eigenvalue weighted by Crippen LogP contribution is 2.30. The first-order valence-corrected chi connectivity index (χ1v) is 10.7. The zero-order chi connectivity index (χ0) is 24.5. The lowest BCUT2D eigenvalue weighted by Crippen LogP contribution is -2.27. The average molecular weight is 486 g/mol. The van der Waals surface area contributed by atoms with Crippen LogP contribution >= 0.6 is 11.3 Å². The SMILES string of the molecule is COc1ccc(-c2csc(NC(=O)c3nn(-c4cccc(C(F)(F)F)c4)c(C)cc3=O)n2)cc1. The van der Waals surface area contributed by atoms with Crippen molar-refractivity contribution in [2.45, 2.75) is 13.1 Å². The van der Waals surface area contributed by atoms with Gasteiger partial charge >= 0.3 is 6.18 Å². The lowest BCUT2D eigenvalue weighted by Gasteiger charge is -2.13. The number of hydrogen-bond acceptors (Lipinski definition) is 6. The highest BCUT2D eigenvalue weighted by Gasteiger charge is 2.30. The molecule has 2 heterocycles. The van der Waals surface area contributed by atoms with E-state index in [9.17, 15) is 22.8 Å². The molecule has 0 spiro atoms. The summed E-state index contributed by atoms with van der Waals surface area (Å²) in [6, 6.07) is 12.8. The number of aryl methyl sites for hydroxylation is 1. The summed E-state index contributed by atoms with van der Waals surface area (Å²) in [6.45, 7) is 1.51. The molecule has 1 N–H and O–H groups in total. The van der Waals surface area contributed by atoms with E-state index in [-0.39, 0.29) is 16.5 Å². The van der Waals surface area contributed by atoms with Crippen molar-refractivity contribution in [2.75, 3.05) is 12.4 Å². The molecular weight excluding hydrogens is 469 g/mol. The first-order chi connectivity index (χ1) is 16.2. The number of nitrogens with zero attached hydrogens (tertiary/aromatic N) is 3. The molecule has 0 atom stereocenters. The van der Waals surface area contributed by atoms with E-state index >= 15 is 0 Å². The summed E-state index contributed by atoms with van der Waals surface area (Å²) in [4.78, 5) is 29.5. The zero-order valence-electron chi connectivity index (χ0n) is 17.9. The molecule has 4 aromatic rings. The number of ether oxygens (including phenoxy) is 1. The number of aromatic nitrogens is 3. The van der Waals surface area contributed by atoms with E-state index < -0.39 is 28.8 Å². The van der Waals surface area contributed by atoms with Crippen LogP contribution in [-0.2, 0) is 6.18 Å². The van der Waals surface area contributed by atoms with Gasteiger partial charge in [-0.2, -0.15) is 18.3 Å². The number of alkyl halides is 3. The van der Waals surface area contributed by atoms with Crippen molar-refractivity contribution < 1.29 is 22.7 Å². The van der Waals surface area contributed by atoms with Gasteiger partial charge < -0.3 is 4.74 Å². The largest absolute Gasteiger partial charge is 0.497 e. The second-order valence-corrected chi connectivity index (χ2v) is 8.04. The van der Waals surface area contributed by atoms with Gasteiger partial charge in [0.2, 0.25) is 5.43 Å². The van der Waals surface area contributed by atoms with E-state index in [2.05, 4.69) is 15.4 Å². The van der Waals surface area contributed by atoms with Crippen molar-refractivity contribution in [3.8, 4) is 22.7 Å². The fraction of sp³-hybridized carbons (Fsp3) is 0.130. The van der Waals surface area contributed by atoms with E-state index in [0.29, 0.717) is 11.4 Å². The second kappa shape index (κ2) is 9.10. The van der Waals surface area contributed by atoms with Crippen LogP contribution in [-0.4, -0.2) is 27.8 Å². The molecule has 7 nitrogen and oxygen atoms in total. The maximum absolute atomic E-state index is 13.1.